The van der Waals surface area contributed by atoms with E-state index < -0.39 is 8.17 Å². The van der Waals surface area contributed by atoms with Gasteiger partial charge in [-0.25, -0.2) is 0 Å². The van der Waals surface area contributed by atoms with E-state index in [0.29, 0.717) is 5.75 Å². The fraction of sp³-hybridized carbons (Fsp3) is 0.333. The van der Waals surface area contributed by atoms with Crippen molar-refractivity contribution in [1.29, 1.82) is 0 Å². The van der Waals surface area contributed by atoms with Gasteiger partial charge in [-0.1, -0.05) is 18.2 Å². The van der Waals surface area contributed by atoms with Crippen molar-refractivity contribution in [1.82, 2.24) is 0 Å². The Hall–Kier alpha value is -0.710. The van der Waals surface area contributed by atoms with Gasteiger partial charge in [0.25, 0.3) is 0 Å². The van der Waals surface area contributed by atoms with Gasteiger partial charge in [-0.05, 0) is 19.1 Å². The Morgan fingerprint density at radius 2 is 1.80 bits per heavy atom. The highest BCUT2D eigenvalue weighted by molar-refractivity contribution is 7.54. The summed E-state index contributed by atoms with van der Waals surface area (Å²) >= 11 is 0. The van der Waals surface area contributed by atoms with Crippen LogP contribution in [0.25, 0.3) is 0 Å². The molecule has 1 aromatic carbocycles. The van der Waals surface area contributed by atoms with Crippen molar-refractivity contribution in [2.24, 2.45) is 0 Å². The highest BCUT2D eigenvalue weighted by Crippen LogP contribution is 2.51. The molecule has 1 aromatic rings. The number of benzene rings is 1. The van der Waals surface area contributed by atoms with E-state index in [4.69, 9.17) is 14.5 Å². The standard InChI is InChI=1S/C9H14O5P/c1-2-13-15(10,11)14-8-12-9-6-4-3-5-7-9/h3-7,10-11H,2,8H2,1H3/q+1. The van der Waals surface area contributed by atoms with Gasteiger partial charge in [-0.2, -0.15) is 14.3 Å². The van der Waals surface area contributed by atoms with E-state index in [1.54, 1.807) is 31.2 Å². The fourth-order valence-electron chi connectivity index (χ4n) is 0.885. The van der Waals surface area contributed by atoms with Gasteiger partial charge in [0.2, 0.25) is 6.79 Å². The second kappa shape index (κ2) is 6.00. The first-order valence-electron chi connectivity index (χ1n) is 4.45. The van der Waals surface area contributed by atoms with Crippen molar-refractivity contribution in [3.05, 3.63) is 30.3 Å². The van der Waals surface area contributed by atoms with Crippen molar-refractivity contribution in [2.75, 3.05) is 13.4 Å². The molecule has 6 heteroatoms. The minimum absolute atomic E-state index is 0.173. The first-order valence-corrected chi connectivity index (χ1v) is 5.98. The Kier molecular flexibility index (Phi) is 4.94. The van der Waals surface area contributed by atoms with Gasteiger partial charge in [0.15, 0.2) is 0 Å². The molecule has 0 aliphatic rings. The predicted molar refractivity (Wildman–Crippen MR) is 56.0 cm³/mol. The van der Waals surface area contributed by atoms with Gasteiger partial charge in [-0.15, -0.1) is 4.52 Å². The predicted octanol–water partition coefficient (Wildman–Crippen LogP) is 1.74. The molecule has 0 amide bonds. The third kappa shape index (κ3) is 5.06. The second-order valence-electron chi connectivity index (χ2n) is 2.61. The Bertz CT molecular complexity index is 277. The van der Waals surface area contributed by atoms with Crippen LogP contribution in [0.1, 0.15) is 6.92 Å². The molecule has 0 fully saturated rings. The Morgan fingerprint density at radius 1 is 1.13 bits per heavy atom. The third-order valence-electron chi connectivity index (χ3n) is 1.49. The highest BCUT2D eigenvalue weighted by Gasteiger charge is 2.39. The average molecular weight is 233 g/mol. The molecule has 0 radical (unpaired) electrons. The van der Waals surface area contributed by atoms with E-state index in [1.165, 1.54) is 0 Å². The number of ether oxygens (including phenoxy) is 1. The Labute approximate surface area is 88.9 Å². The molecule has 15 heavy (non-hydrogen) atoms. The van der Waals surface area contributed by atoms with Crippen molar-refractivity contribution in [3.8, 4) is 5.75 Å². The molecule has 0 aliphatic heterocycles. The SMILES string of the molecule is CCO[P+](O)(O)OCOc1ccccc1. The molecular weight excluding hydrogens is 219 g/mol. The highest BCUT2D eigenvalue weighted by atomic mass is 31.2. The molecule has 2 N–H and O–H groups in total. The summed E-state index contributed by atoms with van der Waals surface area (Å²) in [5.74, 6) is 0.592. The van der Waals surface area contributed by atoms with Crippen molar-refractivity contribution in [2.45, 2.75) is 6.92 Å². The normalized spacial score (nSPS) is 11.4. The summed E-state index contributed by atoms with van der Waals surface area (Å²) < 4.78 is 14.3. The monoisotopic (exact) mass is 233 g/mol. The lowest BCUT2D eigenvalue weighted by atomic mass is 10.3. The van der Waals surface area contributed by atoms with E-state index in [1.807, 2.05) is 6.07 Å². The quantitative estimate of drug-likeness (QED) is 0.578. The minimum Gasteiger partial charge on any atom is -0.463 e. The van der Waals surface area contributed by atoms with E-state index in [-0.39, 0.29) is 13.4 Å². The Balaban J connectivity index is 2.27. The van der Waals surface area contributed by atoms with Crippen LogP contribution < -0.4 is 4.74 Å². The van der Waals surface area contributed by atoms with E-state index >= 15 is 0 Å². The fourth-order valence-corrected chi connectivity index (χ4v) is 1.49. The molecule has 0 heterocycles. The summed E-state index contributed by atoms with van der Waals surface area (Å²) in [5.41, 5.74) is 0. The number of hydrogen-bond acceptors (Lipinski definition) is 5. The largest absolute Gasteiger partial charge is 0.573 e. The molecule has 1 rings (SSSR count). The van der Waals surface area contributed by atoms with Gasteiger partial charge in [0.1, 0.15) is 5.75 Å². The lowest BCUT2D eigenvalue weighted by Gasteiger charge is -2.09. The minimum atomic E-state index is -3.70. The molecular formula is C9H14O5P+. The van der Waals surface area contributed by atoms with Gasteiger partial charge in [0, 0.05) is 0 Å². The van der Waals surface area contributed by atoms with Gasteiger partial charge in [-0.3, -0.25) is 0 Å². The average Bonchev–Trinajstić information content (AvgIpc) is 2.19. The zero-order chi connectivity index (χ0) is 11.1. The van der Waals surface area contributed by atoms with Crippen LogP contribution in [-0.4, -0.2) is 23.2 Å². The Morgan fingerprint density at radius 3 is 2.40 bits per heavy atom. The number of hydrogen-bond donors (Lipinski definition) is 2. The molecule has 0 spiro atoms. The summed E-state index contributed by atoms with van der Waals surface area (Å²) in [6.45, 7) is 1.56. The van der Waals surface area contributed by atoms with Crippen molar-refractivity contribution < 1.29 is 23.6 Å². The summed E-state index contributed by atoms with van der Waals surface area (Å²) in [5, 5.41) is 0. The van der Waals surface area contributed by atoms with Crippen LogP contribution in [0.3, 0.4) is 0 Å². The second-order valence-corrected chi connectivity index (χ2v) is 4.11. The van der Waals surface area contributed by atoms with Gasteiger partial charge < -0.3 is 4.74 Å². The van der Waals surface area contributed by atoms with Crippen molar-refractivity contribution in [3.63, 3.8) is 0 Å². The summed E-state index contributed by atoms with van der Waals surface area (Å²) in [7, 11) is -3.70. The summed E-state index contributed by atoms with van der Waals surface area (Å²) in [6.07, 6.45) is 0. The van der Waals surface area contributed by atoms with Crippen LogP contribution in [0.15, 0.2) is 30.3 Å². The first-order chi connectivity index (χ1) is 7.14. The maximum Gasteiger partial charge on any atom is 0.573 e. The van der Waals surface area contributed by atoms with Crippen LogP contribution in [0.5, 0.6) is 5.75 Å². The zero-order valence-electron chi connectivity index (χ0n) is 8.37. The van der Waals surface area contributed by atoms with Gasteiger partial charge >= 0.3 is 8.17 Å². The van der Waals surface area contributed by atoms with E-state index in [2.05, 4.69) is 9.05 Å². The molecule has 0 saturated carbocycles. The molecule has 0 atom stereocenters. The van der Waals surface area contributed by atoms with Crippen molar-refractivity contribution >= 4 is 8.17 Å². The van der Waals surface area contributed by atoms with Gasteiger partial charge in [0.05, 0.1) is 6.61 Å². The van der Waals surface area contributed by atoms with E-state index in [0.717, 1.165) is 0 Å². The molecule has 0 unspecified atom stereocenters. The smallest absolute Gasteiger partial charge is 0.463 e. The van der Waals surface area contributed by atoms with E-state index in [9.17, 15) is 0 Å². The first kappa shape index (κ1) is 12.4. The lowest BCUT2D eigenvalue weighted by molar-refractivity contribution is 0.0484. The molecule has 0 aromatic heterocycles. The maximum absolute atomic E-state index is 9.13. The topological polar surface area (TPSA) is 68.2 Å². The molecule has 0 aliphatic carbocycles. The maximum atomic E-state index is 9.13. The zero-order valence-corrected chi connectivity index (χ0v) is 9.26. The van der Waals surface area contributed by atoms with Crippen LogP contribution in [0, 0.1) is 0 Å². The van der Waals surface area contributed by atoms with Crippen LogP contribution >= 0.6 is 8.17 Å². The molecule has 84 valence electrons. The summed E-state index contributed by atoms with van der Waals surface area (Å²) in [4.78, 5) is 18.3. The van der Waals surface area contributed by atoms with Crippen LogP contribution in [0.2, 0.25) is 0 Å². The van der Waals surface area contributed by atoms with Crippen LogP contribution in [-0.2, 0) is 9.05 Å². The lowest BCUT2D eigenvalue weighted by Crippen LogP contribution is -2.07. The molecule has 5 nitrogen and oxygen atoms in total. The number of para-hydroxylation sites is 1. The third-order valence-corrected chi connectivity index (χ3v) is 2.52. The number of rotatable bonds is 6. The molecule has 0 saturated heterocycles. The molecule has 0 bridgehead atoms. The van der Waals surface area contributed by atoms with Crippen LogP contribution in [0.4, 0.5) is 0 Å². The summed E-state index contributed by atoms with van der Waals surface area (Å²) in [6, 6.07) is 8.93.